The van der Waals surface area contributed by atoms with Gasteiger partial charge in [-0.1, -0.05) is 28.1 Å². The van der Waals surface area contributed by atoms with E-state index in [0.29, 0.717) is 19.7 Å². The van der Waals surface area contributed by atoms with E-state index >= 15 is 0 Å². The predicted octanol–water partition coefficient (Wildman–Crippen LogP) is 3.77. The van der Waals surface area contributed by atoms with Gasteiger partial charge in [-0.25, -0.2) is 0 Å². The highest BCUT2D eigenvalue weighted by Crippen LogP contribution is 2.27. The Kier molecular flexibility index (Phi) is 4.86. The summed E-state index contributed by atoms with van der Waals surface area (Å²) < 4.78 is 12.1. The van der Waals surface area contributed by atoms with Crippen molar-refractivity contribution < 1.29 is 14.3 Å². The average molecular weight is 376 g/mol. The van der Waals surface area contributed by atoms with Gasteiger partial charge in [-0.2, -0.15) is 0 Å². The first-order valence-corrected chi connectivity index (χ1v) is 8.35. The molecular weight excluding hydrogens is 358 g/mol. The molecule has 0 atom stereocenters. The number of halogens is 1. The number of nitrogens with zero attached hydrogens (tertiary/aromatic N) is 1. The van der Waals surface area contributed by atoms with Crippen LogP contribution in [-0.4, -0.2) is 24.0 Å². The second-order valence-corrected chi connectivity index (χ2v) is 6.29. The summed E-state index contributed by atoms with van der Waals surface area (Å²) in [5, 5.41) is 0. The van der Waals surface area contributed by atoms with Gasteiger partial charge < -0.3 is 14.4 Å². The first-order chi connectivity index (χ1) is 11.2. The molecule has 0 saturated heterocycles. The summed E-state index contributed by atoms with van der Waals surface area (Å²) in [6, 6.07) is 13.7. The molecule has 0 unspecified atom stereocenters. The number of fused-ring (bicyclic) bond motifs is 1. The molecule has 3 rings (SSSR count). The minimum Gasteiger partial charge on any atom is -0.494 e. The fourth-order valence-corrected chi connectivity index (χ4v) is 3.01. The number of hydrogen-bond donors (Lipinski definition) is 0. The summed E-state index contributed by atoms with van der Waals surface area (Å²) in [5.74, 6) is 1.58. The molecule has 1 aliphatic heterocycles. The molecule has 2 aromatic carbocycles. The molecule has 0 saturated carbocycles. The molecule has 0 spiro atoms. The highest BCUT2D eigenvalue weighted by molar-refractivity contribution is 9.10. The molecule has 0 bridgehead atoms. The number of carbonyl (C=O) groups excluding carboxylic acids is 1. The van der Waals surface area contributed by atoms with Crippen molar-refractivity contribution in [2.75, 3.05) is 13.2 Å². The molecule has 1 aliphatic rings. The van der Waals surface area contributed by atoms with Crippen molar-refractivity contribution in [3.05, 3.63) is 58.1 Å². The number of benzene rings is 2. The molecule has 23 heavy (non-hydrogen) atoms. The number of amides is 1. The van der Waals surface area contributed by atoms with Crippen LogP contribution in [0.5, 0.6) is 11.5 Å². The van der Waals surface area contributed by atoms with E-state index in [9.17, 15) is 4.79 Å². The van der Waals surface area contributed by atoms with Crippen molar-refractivity contribution in [1.29, 1.82) is 0 Å². The highest BCUT2D eigenvalue weighted by atomic mass is 79.9. The molecule has 0 N–H and O–H groups in total. The Morgan fingerprint density at radius 3 is 2.96 bits per heavy atom. The lowest BCUT2D eigenvalue weighted by Gasteiger charge is -2.20. The average Bonchev–Trinajstić information content (AvgIpc) is 2.68. The van der Waals surface area contributed by atoms with Gasteiger partial charge in [0.1, 0.15) is 11.5 Å². The Labute approximate surface area is 144 Å². The summed E-state index contributed by atoms with van der Waals surface area (Å²) in [5.41, 5.74) is 2.05. The molecule has 1 heterocycles. The van der Waals surface area contributed by atoms with Crippen molar-refractivity contribution in [3.63, 3.8) is 0 Å². The smallest absolute Gasteiger partial charge is 0.261 e. The van der Waals surface area contributed by atoms with E-state index in [0.717, 1.165) is 27.1 Å². The van der Waals surface area contributed by atoms with Crippen LogP contribution in [-0.2, 0) is 17.9 Å². The van der Waals surface area contributed by atoms with Gasteiger partial charge in [0.05, 0.1) is 6.61 Å². The first-order valence-electron chi connectivity index (χ1n) is 7.56. The zero-order valence-electron chi connectivity index (χ0n) is 12.9. The van der Waals surface area contributed by atoms with Crippen molar-refractivity contribution in [1.82, 2.24) is 4.90 Å². The molecular formula is C18H18BrNO3. The van der Waals surface area contributed by atoms with Gasteiger partial charge in [-0.3, -0.25) is 4.79 Å². The fraction of sp³-hybridized carbons (Fsp3) is 0.278. The van der Waals surface area contributed by atoms with Crippen molar-refractivity contribution in [3.8, 4) is 11.5 Å². The lowest BCUT2D eigenvalue weighted by Crippen LogP contribution is -2.31. The lowest BCUT2D eigenvalue weighted by molar-refractivity contribution is -0.133. The maximum absolute atomic E-state index is 12.3. The summed E-state index contributed by atoms with van der Waals surface area (Å²) in [6.07, 6.45) is 0. The topological polar surface area (TPSA) is 38.8 Å². The summed E-state index contributed by atoms with van der Waals surface area (Å²) in [6.45, 7) is 3.72. The van der Waals surface area contributed by atoms with Crippen molar-refractivity contribution in [2.45, 2.75) is 20.0 Å². The third kappa shape index (κ3) is 3.85. The van der Waals surface area contributed by atoms with Crippen LogP contribution in [0.4, 0.5) is 0 Å². The maximum Gasteiger partial charge on any atom is 0.261 e. The van der Waals surface area contributed by atoms with Gasteiger partial charge in [0.15, 0.2) is 6.61 Å². The maximum atomic E-state index is 12.3. The molecule has 1 amide bonds. The SMILES string of the molecule is CCOc1cccc(CN2Cc3cc(Br)ccc3OCC2=O)c1. The Morgan fingerprint density at radius 1 is 1.26 bits per heavy atom. The number of carbonyl (C=O) groups is 1. The Balaban J connectivity index is 1.81. The molecule has 0 aliphatic carbocycles. The largest absolute Gasteiger partial charge is 0.494 e. The summed E-state index contributed by atoms with van der Waals surface area (Å²) >= 11 is 3.47. The van der Waals surface area contributed by atoms with Crippen LogP contribution in [0.15, 0.2) is 46.9 Å². The van der Waals surface area contributed by atoms with Gasteiger partial charge in [0.25, 0.3) is 5.91 Å². The van der Waals surface area contributed by atoms with Gasteiger partial charge in [0, 0.05) is 23.1 Å². The van der Waals surface area contributed by atoms with Crippen LogP contribution in [0.2, 0.25) is 0 Å². The van der Waals surface area contributed by atoms with E-state index in [1.807, 2.05) is 54.3 Å². The van der Waals surface area contributed by atoms with Crippen LogP contribution in [0, 0.1) is 0 Å². The van der Waals surface area contributed by atoms with E-state index in [2.05, 4.69) is 15.9 Å². The second kappa shape index (κ2) is 7.04. The van der Waals surface area contributed by atoms with E-state index < -0.39 is 0 Å². The van der Waals surface area contributed by atoms with Crippen LogP contribution in [0.25, 0.3) is 0 Å². The molecule has 2 aromatic rings. The molecule has 0 radical (unpaired) electrons. The zero-order chi connectivity index (χ0) is 16.2. The Hall–Kier alpha value is -2.01. The molecule has 120 valence electrons. The fourth-order valence-electron chi connectivity index (χ4n) is 2.60. The van der Waals surface area contributed by atoms with E-state index in [-0.39, 0.29) is 12.5 Å². The molecule has 4 nitrogen and oxygen atoms in total. The minimum absolute atomic E-state index is 0.0147. The molecule has 0 aromatic heterocycles. The Bertz CT molecular complexity index is 717. The van der Waals surface area contributed by atoms with E-state index in [1.165, 1.54) is 0 Å². The van der Waals surface area contributed by atoms with Gasteiger partial charge in [-0.15, -0.1) is 0 Å². The highest BCUT2D eigenvalue weighted by Gasteiger charge is 2.22. The molecule has 5 heteroatoms. The monoisotopic (exact) mass is 375 g/mol. The predicted molar refractivity (Wildman–Crippen MR) is 91.5 cm³/mol. The van der Waals surface area contributed by atoms with Gasteiger partial charge >= 0.3 is 0 Å². The summed E-state index contributed by atoms with van der Waals surface area (Å²) in [4.78, 5) is 14.1. The number of ether oxygens (including phenoxy) is 2. The quantitative estimate of drug-likeness (QED) is 0.816. The number of rotatable bonds is 4. The van der Waals surface area contributed by atoms with Crippen molar-refractivity contribution >= 4 is 21.8 Å². The second-order valence-electron chi connectivity index (χ2n) is 5.37. The van der Waals surface area contributed by atoms with E-state index in [4.69, 9.17) is 9.47 Å². The Morgan fingerprint density at radius 2 is 2.13 bits per heavy atom. The normalized spacial score (nSPS) is 14.0. The number of hydrogen-bond acceptors (Lipinski definition) is 3. The standard InChI is InChI=1S/C18H18BrNO3/c1-2-22-16-5-3-4-13(8-16)10-20-11-14-9-15(19)6-7-17(14)23-12-18(20)21/h3-9H,2,10-12H2,1H3. The van der Waals surface area contributed by atoms with Gasteiger partial charge in [0.2, 0.25) is 0 Å². The third-order valence-electron chi connectivity index (χ3n) is 3.67. The van der Waals surface area contributed by atoms with Crippen LogP contribution < -0.4 is 9.47 Å². The zero-order valence-corrected chi connectivity index (χ0v) is 14.5. The van der Waals surface area contributed by atoms with Crippen LogP contribution >= 0.6 is 15.9 Å². The first kappa shape index (κ1) is 15.9. The van der Waals surface area contributed by atoms with E-state index in [1.54, 1.807) is 0 Å². The minimum atomic E-state index is -0.0147. The summed E-state index contributed by atoms with van der Waals surface area (Å²) in [7, 11) is 0. The van der Waals surface area contributed by atoms with Gasteiger partial charge in [-0.05, 0) is 42.8 Å². The molecule has 0 fully saturated rings. The third-order valence-corrected chi connectivity index (χ3v) is 4.16. The van der Waals surface area contributed by atoms with Crippen LogP contribution in [0.3, 0.4) is 0 Å². The lowest BCUT2D eigenvalue weighted by atomic mass is 10.1. The van der Waals surface area contributed by atoms with Crippen LogP contribution in [0.1, 0.15) is 18.1 Å². The van der Waals surface area contributed by atoms with Crippen molar-refractivity contribution in [2.24, 2.45) is 0 Å².